The average molecular weight is 440 g/mol. The highest BCUT2D eigenvalue weighted by Crippen LogP contribution is 2.33. The summed E-state index contributed by atoms with van der Waals surface area (Å²) in [7, 11) is 1.82. The number of nitrogens with zero attached hydrogens (tertiary/aromatic N) is 4. The van der Waals surface area contributed by atoms with Crippen LogP contribution in [-0.2, 0) is 29.0 Å². The maximum absolute atomic E-state index is 13.1. The number of likely N-dealkylation sites (tertiary alicyclic amines) is 1. The Hall–Kier alpha value is -3.03. The van der Waals surface area contributed by atoms with Gasteiger partial charge in [0.05, 0.1) is 18.3 Å². The van der Waals surface area contributed by atoms with E-state index in [0.717, 1.165) is 41.9 Å². The lowest BCUT2D eigenvalue weighted by molar-refractivity contribution is -0.135. The molecule has 1 atom stereocenters. The fourth-order valence-electron chi connectivity index (χ4n) is 4.60. The second-order valence-electron chi connectivity index (χ2n) is 8.52. The van der Waals surface area contributed by atoms with E-state index in [-0.39, 0.29) is 23.7 Å². The number of carbonyl (C=O) groups is 2. The predicted octanol–water partition coefficient (Wildman–Crippen LogP) is 3.25. The normalized spacial score (nSPS) is 18.3. The van der Waals surface area contributed by atoms with Crippen LogP contribution in [-0.4, -0.2) is 51.7 Å². The Balaban J connectivity index is 1.53. The molecule has 1 fully saturated rings. The van der Waals surface area contributed by atoms with Gasteiger partial charge >= 0.3 is 0 Å². The molecule has 1 saturated heterocycles. The lowest BCUT2D eigenvalue weighted by Gasteiger charge is -2.36. The minimum atomic E-state index is -0.271. The zero-order chi connectivity index (χ0) is 22.7. The van der Waals surface area contributed by atoms with Crippen molar-refractivity contribution in [2.24, 2.45) is 0 Å². The summed E-state index contributed by atoms with van der Waals surface area (Å²) in [5, 5.41) is 3.17. The Kier molecular flexibility index (Phi) is 6.67. The summed E-state index contributed by atoms with van der Waals surface area (Å²) in [5.41, 5.74) is 2.87. The first-order valence-electron chi connectivity index (χ1n) is 11.3. The lowest BCUT2D eigenvalue weighted by atomic mass is 9.99. The first-order valence-corrected chi connectivity index (χ1v) is 11.3. The number of hydrogen-bond donors (Lipinski definition) is 1. The molecule has 4 rings (SSSR count). The van der Waals surface area contributed by atoms with Crippen LogP contribution in [0, 0.1) is 5.82 Å². The van der Waals surface area contributed by atoms with Crippen LogP contribution < -0.4 is 5.32 Å². The van der Waals surface area contributed by atoms with Crippen LogP contribution in [0.1, 0.15) is 61.3 Å². The molecule has 2 aliphatic heterocycles. The van der Waals surface area contributed by atoms with E-state index < -0.39 is 0 Å². The standard InChI is InChI=1S/C24H30FN5O2/c1-16(31)29-14-12-20-19(15-29)23(26-2)28-24(27-20)21-5-3-4-13-30(21)22(32)11-8-17-6-9-18(25)10-7-17/h6-7,9-10,21H,3-5,8,11-15H2,1-2H3,(H,26,27,28)/t21-/m1/s1. The minimum Gasteiger partial charge on any atom is -0.373 e. The summed E-state index contributed by atoms with van der Waals surface area (Å²) in [6, 6.07) is 6.17. The second-order valence-corrected chi connectivity index (χ2v) is 8.52. The number of halogens is 1. The van der Waals surface area contributed by atoms with E-state index in [4.69, 9.17) is 9.97 Å². The summed E-state index contributed by atoms with van der Waals surface area (Å²) >= 11 is 0. The zero-order valence-electron chi connectivity index (χ0n) is 18.7. The molecule has 170 valence electrons. The maximum atomic E-state index is 13.1. The molecular formula is C24H30FN5O2. The third kappa shape index (κ3) is 4.74. The molecule has 1 aromatic carbocycles. The van der Waals surface area contributed by atoms with Crippen molar-refractivity contribution in [3.8, 4) is 0 Å². The number of aromatic nitrogens is 2. The van der Waals surface area contributed by atoms with Crippen molar-refractivity contribution in [2.75, 3.05) is 25.5 Å². The molecule has 0 radical (unpaired) electrons. The van der Waals surface area contributed by atoms with E-state index in [1.807, 2.05) is 11.9 Å². The number of hydrogen-bond acceptors (Lipinski definition) is 5. The van der Waals surface area contributed by atoms with E-state index in [2.05, 4.69) is 5.32 Å². The molecule has 32 heavy (non-hydrogen) atoms. The van der Waals surface area contributed by atoms with Crippen LogP contribution in [0.4, 0.5) is 10.2 Å². The van der Waals surface area contributed by atoms with Crippen molar-refractivity contribution in [3.05, 3.63) is 52.7 Å². The highest BCUT2D eigenvalue weighted by Gasteiger charge is 2.32. The highest BCUT2D eigenvalue weighted by atomic mass is 19.1. The van der Waals surface area contributed by atoms with Gasteiger partial charge in [-0.15, -0.1) is 0 Å². The zero-order valence-corrected chi connectivity index (χ0v) is 18.7. The summed E-state index contributed by atoms with van der Waals surface area (Å²) in [4.78, 5) is 38.3. The summed E-state index contributed by atoms with van der Waals surface area (Å²) < 4.78 is 13.1. The van der Waals surface area contributed by atoms with Gasteiger partial charge in [0.1, 0.15) is 11.6 Å². The summed E-state index contributed by atoms with van der Waals surface area (Å²) in [6.45, 7) is 3.43. The number of anilines is 1. The van der Waals surface area contributed by atoms with Crippen molar-refractivity contribution in [2.45, 2.75) is 58.0 Å². The number of nitrogens with one attached hydrogen (secondary N) is 1. The van der Waals surface area contributed by atoms with Crippen molar-refractivity contribution >= 4 is 17.6 Å². The molecule has 8 heteroatoms. The molecule has 2 amide bonds. The third-order valence-electron chi connectivity index (χ3n) is 6.42. The summed E-state index contributed by atoms with van der Waals surface area (Å²) in [5.74, 6) is 1.27. The molecule has 7 nitrogen and oxygen atoms in total. The fourth-order valence-corrected chi connectivity index (χ4v) is 4.60. The second kappa shape index (κ2) is 9.63. The molecule has 3 heterocycles. The first kappa shape index (κ1) is 22.2. The van der Waals surface area contributed by atoms with Crippen molar-refractivity contribution in [1.82, 2.24) is 19.8 Å². The fraction of sp³-hybridized carbons (Fsp3) is 0.500. The molecule has 1 N–H and O–H groups in total. The molecule has 2 aromatic rings. The van der Waals surface area contributed by atoms with Crippen LogP contribution >= 0.6 is 0 Å². The van der Waals surface area contributed by atoms with E-state index in [1.165, 1.54) is 12.1 Å². The van der Waals surface area contributed by atoms with Gasteiger partial charge in [-0.1, -0.05) is 12.1 Å². The number of fused-ring (bicyclic) bond motifs is 1. The van der Waals surface area contributed by atoms with Crippen molar-refractivity contribution in [1.29, 1.82) is 0 Å². The van der Waals surface area contributed by atoms with Crippen molar-refractivity contribution < 1.29 is 14.0 Å². The van der Waals surface area contributed by atoms with E-state index in [9.17, 15) is 14.0 Å². The Morgan fingerprint density at radius 1 is 1.16 bits per heavy atom. The van der Waals surface area contributed by atoms with Crippen LogP contribution in [0.2, 0.25) is 0 Å². The van der Waals surface area contributed by atoms with Gasteiger partial charge in [-0.05, 0) is 43.4 Å². The van der Waals surface area contributed by atoms with Crippen LogP contribution in [0.25, 0.3) is 0 Å². The topological polar surface area (TPSA) is 78.4 Å². The smallest absolute Gasteiger partial charge is 0.223 e. The maximum Gasteiger partial charge on any atom is 0.223 e. The van der Waals surface area contributed by atoms with Gasteiger partial charge in [-0.3, -0.25) is 9.59 Å². The number of benzene rings is 1. The largest absolute Gasteiger partial charge is 0.373 e. The Bertz CT molecular complexity index is 977. The molecule has 0 saturated carbocycles. The number of carbonyl (C=O) groups excluding carboxylic acids is 2. The summed E-state index contributed by atoms with van der Waals surface area (Å²) in [6.07, 6.45) is 4.47. The molecule has 0 unspecified atom stereocenters. The van der Waals surface area contributed by atoms with Gasteiger partial charge in [0.2, 0.25) is 11.8 Å². The molecule has 0 spiro atoms. The highest BCUT2D eigenvalue weighted by molar-refractivity contribution is 5.77. The monoisotopic (exact) mass is 439 g/mol. The van der Waals surface area contributed by atoms with Gasteiger partial charge in [0.15, 0.2) is 5.82 Å². The molecule has 1 aromatic heterocycles. The Labute approximate surface area is 188 Å². The van der Waals surface area contributed by atoms with Crippen LogP contribution in [0.3, 0.4) is 0 Å². The number of amides is 2. The van der Waals surface area contributed by atoms with E-state index >= 15 is 0 Å². The van der Waals surface area contributed by atoms with Gasteiger partial charge in [0.25, 0.3) is 0 Å². The van der Waals surface area contributed by atoms with E-state index in [1.54, 1.807) is 24.0 Å². The minimum absolute atomic E-state index is 0.0481. The lowest BCUT2D eigenvalue weighted by Crippen LogP contribution is -2.40. The van der Waals surface area contributed by atoms with Gasteiger partial charge < -0.3 is 15.1 Å². The quantitative estimate of drug-likeness (QED) is 0.774. The Morgan fingerprint density at radius 3 is 2.66 bits per heavy atom. The average Bonchev–Trinajstić information content (AvgIpc) is 2.82. The first-order chi connectivity index (χ1) is 15.5. The Morgan fingerprint density at radius 2 is 1.94 bits per heavy atom. The number of aryl methyl sites for hydroxylation is 1. The van der Waals surface area contributed by atoms with Crippen LogP contribution in [0.5, 0.6) is 0 Å². The SMILES string of the molecule is CNc1nc([C@H]2CCCCN2C(=O)CCc2ccc(F)cc2)nc2c1CN(C(C)=O)CC2. The molecule has 0 bridgehead atoms. The van der Waals surface area contributed by atoms with Crippen molar-refractivity contribution in [3.63, 3.8) is 0 Å². The van der Waals surface area contributed by atoms with Gasteiger partial charge in [-0.25, -0.2) is 14.4 Å². The van der Waals surface area contributed by atoms with Crippen LogP contribution in [0.15, 0.2) is 24.3 Å². The van der Waals surface area contributed by atoms with Gasteiger partial charge in [0, 0.05) is 45.5 Å². The predicted molar refractivity (Wildman–Crippen MR) is 119 cm³/mol. The number of piperidine rings is 1. The third-order valence-corrected chi connectivity index (χ3v) is 6.42. The van der Waals surface area contributed by atoms with E-state index in [0.29, 0.717) is 44.7 Å². The molecule has 0 aliphatic carbocycles. The molecule has 2 aliphatic rings. The van der Waals surface area contributed by atoms with Gasteiger partial charge in [-0.2, -0.15) is 0 Å². The molecular weight excluding hydrogens is 409 g/mol. The number of rotatable bonds is 5.